The van der Waals surface area contributed by atoms with Gasteiger partial charge in [0.2, 0.25) is 11.7 Å². The number of carbonyl (C=O) groups excluding carboxylic acids is 1. The topological polar surface area (TPSA) is 72.3 Å². The van der Waals surface area contributed by atoms with Crippen molar-refractivity contribution in [2.24, 2.45) is 0 Å². The fraction of sp³-hybridized carbons (Fsp3) is 0.467. The SMILES string of the molecule is CN(C(=O)Cn1c(C(F)(F)F)nc2ccccc21)C1CCS(=O)(=O)C1. The molecule has 1 aliphatic rings. The molecule has 1 unspecified atom stereocenters. The highest BCUT2D eigenvalue weighted by Crippen LogP contribution is 2.31. The maximum atomic E-state index is 13.3. The Kier molecular flexibility index (Phi) is 4.26. The van der Waals surface area contributed by atoms with Gasteiger partial charge in [0.1, 0.15) is 6.54 Å². The maximum absolute atomic E-state index is 13.3. The molecule has 1 atom stereocenters. The van der Waals surface area contributed by atoms with Gasteiger partial charge in [0.15, 0.2) is 9.84 Å². The van der Waals surface area contributed by atoms with Gasteiger partial charge >= 0.3 is 6.18 Å². The minimum atomic E-state index is -4.70. The number of likely N-dealkylation sites (N-methyl/N-ethyl adjacent to an activating group) is 1. The molecule has 2 heterocycles. The molecule has 0 aliphatic carbocycles. The largest absolute Gasteiger partial charge is 0.449 e. The van der Waals surface area contributed by atoms with Crippen molar-refractivity contribution in [1.82, 2.24) is 14.5 Å². The first-order valence-electron chi connectivity index (χ1n) is 7.57. The number of fused-ring (bicyclic) bond motifs is 1. The Morgan fingerprint density at radius 3 is 2.64 bits per heavy atom. The Labute approximate surface area is 142 Å². The molecule has 1 aliphatic heterocycles. The lowest BCUT2D eigenvalue weighted by atomic mass is 10.2. The molecule has 136 valence electrons. The highest BCUT2D eigenvalue weighted by atomic mass is 32.2. The Hall–Kier alpha value is -2.10. The number of hydrogen-bond donors (Lipinski definition) is 0. The zero-order chi connectivity index (χ0) is 18.4. The van der Waals surface area contributed by atoms with Crippen LogP contribution in [-0.4, -0.2) is 53.4 Å². The summed E-state index contributed by atoms with van der Waals surface area (Å²) in [5.41, 5.74) is 0.351. The smallest absolute Gasteiger partial charge is 0.340 e. The summed E-state index contributed by atoms with van der Waals surface area (Å²) >= 11 is 0. The maximum Gasteiger partial charge on any atom is 0.449 e. The molecule has 1 aromatic heterocycles. The van der Waals surface area contributed by atoms with Gasteiger partial charge in [-0.25, -0.2) is 13.4 Å². The van der Waals surface area contributed by atoms with Crippen LogP contribution in [-0.2, 0) is 27.4 Å². The number of imidazole rings is 1. The number of amides is 1. The lowest BCUT2D eigenvalue weighted by Gasteiger charge is -2.24. The minimum absolute atomic E-state index is 0.0168. The predicted molar refractivity (Wildman–Crippen MR) is 84.6 cm³/mol. The Morgan fingerprint density at radius 1 is 1.36 bits per heavy atom. The number of sulfone groups is 1. The molecular formula is C15H16F3N3O3S. The van der Waals surface area contributed by atoms with Crippen molar-refractivity contribution in [3.63, 3.8) is 0 Å². The predicted octanol–water partition coefficient (Wildman–Crippen LogP) is 1.70. The monoisotopic (exact) mass is 375 g/mol. The summed E-state index contributed by atoms with van der Waals surface area (Å²) < 4.78 is 63.7. The molecule has 3 rings (SSSR count). The van der Waals surface area contributed by atoms with Crippen molar-refractivity contribution in [2.45, 2.75) is 25.2 Å². The fourth-order valence-corrected chi connectivity index (χ4v) is 4.76. The van der Waals surface area contributed by atoms with E-state index in [1.165, 1.54) is 24.1 Å². The fourth-order valence-electron chi connectivity index (χ4n) is 2.98. The van der Waals surface area contributed by atoms with Gasteiger partial charge in [-0.1, -0.05) is 12.1 Å². The summed E-state index contributed by atoms with van der Waals surface area (Å²) in [7, 11) is -1.78. The third kappa shape index (κ3) is 3.48. The highest BCUT2D eigenvalue weighted by molar-refractivity contribution is 7.91. The van der Waals surface area contributed by atoms with E-state index in [9.17, 15) is 26.4 Å². The van der Waals surface area contributed by atoms with Gasteiger partial charge in [-0.3, -0.25) is 4.79 Å². The summed E-state index contributed by atoms with van der Waals surface area (Å²) in [6.07, 6.45) is -4.41. The van der Waals surface area contributed by atoms with Crippen LogP contribution in [0.25, 0.3) is 11.0 Å². The molecule has 1 fully saturated rings. The van der Waals surface area contributed by atoms with E-state index in [2.05, 4.69) is 4.98 Å². The zero-order valence-corrected chi connectivity index (χ0v) is 14.1. The minimum Gasteiger partial charge on any atom is -0.340 e. The second kappa shape index (κ2) is 6.01. The van der Waals surface area contributed by atoms with E-state index in [0.717, 1.165) is 4.57 Å². The number of aromatic nitrogens is 2. The van der Waals surface area contributed by atoms with E-state index in [1.807, 2.05) is 0 Å². The molecular weight excluding hydrogens is 359 g/mol. The average molecular weight is 375 g/mol. The first-order valence-corrected chi connectivity index (χ1v) is 9.39. The van der Waals surface area contributed by atoms with Crippen LogP contribution < -0.4 is 0 Å². The van der Waals surface area contributed by atoms with E-state index in [0.29, 0.717) is 6.42 Å². The molecule has 1 aromatic carbocycles. The molecule has 0 saturated carbocycles. The average Bonchev–Trinajstić information content (AvgIpc) is 3.07. The van der Waals surface area contributed by atoms with E-state index in [1.54, 1.807) is 12.1 Å². The molecule has 0 N–H and O–H groups in total. The molecule has 0 bridgehead atoms. The molecule has 1 saturated heterocycles. The first-order chi connectivity index (χ1) is 11.6. The van der Waals surface area contributed by atoms with Crippen molar-refractivity contribution in [1.29, 1.82) is 0 Å². The molecule has 0 spiro atoms. The number of carbonyl (C=O) groups is 1. The van der Waals surface area contributed by atoms with Gasteiger partial charge < -0.3 is 9.47 Å². The van der Waals surface area contributed by atoms with E-state index in [4.69, 9.17) is 0 Å². The molecule has 6 nitrogen and oxygen atoms in total. The quantitative estimate of drug-likeness (QED) is 0.819. The molecule has 25 heavy (non-hydrogen) atoms. The van der Waals surface area contributed by atoms with Gasteiger partial charge in [0, 0.05) is 13.1 Å². The van der Waals surface area contributed by atoms with Crippen LogP contribution in [0.5, 0.6) is 0 Å². The van der Waals surface area contributed by atoms with E-state index < -0.39 is 40.3 Å². The van der Waals surface area contributed by atoms with Crippen molar-refractivity contribution < 1.29 is 26.4 Å². The van der Waals surface area contributed by atoms with Crippen molar-refractivity contribution in [3.8, 4) is 0 Å². The van der Waals surface area contributed by atoms with Gasteiger partial charge in [0.05, 0.1) is 22.5 Å². The molecule has 1 amide bonds. The van der Waals surface area contributed by atoms with E-state index in [-0.39, 0.29) is 22.5 Å². The van der Waals surface area contributed by atoms with Gasteiger partial charge in [0.25, 0.3) is 0 Å². The number of benzene rings is 1. The molecule has 2 aromatic rings. The lowest BCUT2D eigenvalue weighted by molar-refractivity contribution is -0.148. The van der Waals surface area contributed by atoms with Gasteiger partial charge in [-0.15, -0.1) is 0 Å². The van der Waals surface area contributed by atoms with Crippen LogP contribution >= 0.6 is 0 Å². The van der Waals surface area contributed by atoms with Crippen LogP contribution in [0.2, 0.25) is 0 Å². The van der Waals surface area contributed by atoms with Crippen molar-refractivity contribution in [3.05, 3.63) is 30.1 Å². The Morgan fingerprint density at radius 2 is 2.04 bits per heavy atom. The van der Waals surface area contributed by atoms with Crippen LogP contribution in [0.3, 0.4) is 0 Å². The summed E-state index contributed by atoms with van der Waals surface area (Å²) in [5, 5.41) is 0. The van der Waals surface area contributed by atoms with Crippen LogP contribution in [0, 0.1) is 0 Å². The number of hydrogen-bond acceptors (Lipinski definition) is 4. The number of alkyl halides is 3. The second-order valence-corrected chi connectivity index (χ2v) is 8.30. The Balaban J connectivity index is 1.91. The summed E-state index contributed by atoms with van der Waals surface area (Å²) in [6, 6.07) is 5.53. The number of halogens is 3. The van der Waals surface area contributed by atoms with Gasteiger partial charge in [-0.2, -0.15) is 13.2 Å². The third-order valence-corrected chi connectivity index (χ3v) is 6.10. The molecule has 10 heteroatoms. The van der Waals surface area contributed by atoms with E-state index >= 15 is 0 Å². The number of para-hydroxylation sites is 2. The zero-order valence-electron chi connectivity index (χ0n) is 13.3. The summed E-state index contributed by atoms with van der Waals surface area (Å²) in [4.78, 5) is 17.3. The van der Waals surface area contributed by atoms with Crippen LogP contribution in [0.15, 0.2) is 24.3 Å². The number of rotatable bonds is 3. The van der Waals surface area contributed by atoms with Crippen molar-refractivity contribution >= 4 is 26.8 Å². The van der Waals surface area contributed by atoms with Crippen LogP contribution in [0.1, 0.15) is 12.2 Å². The summed E-state index contributed by atoms with van der Waals surface area (Å²) in [5.74, 6) is -1.91. The standard InChI is InChI=1S/C15H16F3N3O3S/c1-20(10-6-7-25(23,24)9-10)13(22)8-21-12-5-3-2-4-11(12)19-14(21)15(16,17)18/h2-5,10H,6-9H2,1H3. The number of nitrogens with zero attached hydrogens (tertiary/aromatic N) is 3. The van der Waals surface area contributed by atoms with Crippen molar-refractivity contribution in [2.75, 3.05) is 18.6 Å². The first kappa shape index (κ1) is 17.7. The normalized spacial score (nSPS) is 20.1. The van der Waals surface area contributed by atoms with Crippen LogP contribution in [0.4, 0.5) is 13.2 Å². The lowest BCUT2D eigenvalue weighted by Crippen LogP contribution is -2.40. The second-order valence-electron chi connectivity index (χ2n) is 6.07. The summed E-state index contributed by atoms with van der Waals surface area (Å²) in [6.45, 7) is -0.553. The molecule has 0 radical (unpaired) electrons. The Bertz CT molecular complexity index is 921. The van der Waals surface area contributed by atoms with Gasteiger partial charge in [-0.05, 0) is 18.6 Å². The third-order valence-electron chi connectivity index (χ3n) is 4.35. The highest BCUT2D eigenvalue weighted by Gasteiger charge is 2.39.